The van der Waals surface area contributed by atoms with Crippen molar-refractivity contribution >= 4 is 22.9 Å². The zero-order chi connectivity index (χ0) is 15.5. The molecule has 1 aromatic carbocycles. The zero-order valence-electron chi connectivity index (χ0n) is 12.5. The van der Waals surface area contributed by atoms with Crippen molar-refractivity contribution in [2.24, 2.45) is 0 Å². The lowest BCUT2D eigenvalue weighted by Crippen LogP contribution is -2.49. The number of hydrogen-bond acceptors (Lipinski definition) is 4. The van der Waals surface area contributed by atoms with Crippen LogP contribution in [-0.2, 0) is 11.2 Å². The van der Waals surface area contributed by atoms with E-state index in [1.807, 2.05) is 11.8 Å². The van der Waals surface area contributed by atoms with Crippen LogP contribution in [0.1, 0.15) is 10.6 Å². The highest BCUT2D eigenvalue weighted by Crippen LogP contribution is 2.18. The Bertz CT molecular complexity index is 648. The van der Waals surface area contributed by atoms with E-state index in [2.05, 4.69) is 9.88 Å². The molecular weight excluding hydrogens is 301 g/mol. The van der Waals surface area contributed by atoms with E-state index in [-0.39, 0.29) is 11.7 Å². The Hall–Kier alpha value is -1.95. The molecule has 1 aromatic heterocycles. The average molecular weight is 319 g/mol. The highest BCUT2D eigenvalue weighted by molar-refractivity contribution is 7.09. The molecule has 1 aliphatic rings. The largest absolute Gasteiger partial charge is 0.368 e. The van der Waals surface area contributed by atoms with Gasteiger partial charge < -0.3 is 9.80 Å². The molecule has 0 atom stereocenters. The second-order valence-electron chi connectivity index (χ2n) is 5.38. The number of carbonyl (C=O) groups is 1. The second kappa shape index (κ2) is 6.44. The minimum absolute atomic E-state index is 0.158. The number of hydrogen-bond donors (Lipinski definition) is 0. The summed E-state index contributed by atoms with van der Waals surface area (Å²) in [6.07, 6.45) is 0.438. The molecule has 4 nitrogen and oxygen atoms in total. The molecule has 22 heavy (non-hydrogen) atoms. The average Bonchev–Trinajstić information content (AvgIpc) is 2.93. The first-order valence-electron chi connectivity index (χ1n) is 7.31. The monoisotopic (exact) mass is 319 g/mol. The summed E-state index contributed by atoms with van der Waals surface area (Å²) in [5.41, 5.74) is 3.74. The van der Waals surface area contributed by atoms with Crippen molar-refractivity contribution in [1.82, 2.24) is 9.88 Å². The van der Waals surface area contributed by atoms with Crippen LogP contribution >= 0.6 is 11.3 Å². The van der Waals surface area contributed by atoms with Crippen molar-refractivity contribution < 1.29 is 9.18 Å². The van der Waals surface area contributed by atoms with E-state index in [0.717, 1.165) is 29.3 Å². The quantitative estimate of drug-likeness (QED) is 0.872. The normalized spacial score (nSPS) is 15.2. The summed E-state index contributed by atoms with van der Waals surface area (Å²) in [6.45, 7) is 4.89. The van der Waals surface area contributed by atoms with Crippen LogP contribution in [0.3, 0.4) is 0 Å². The lowest BCUT2D eigenvalue weighted by Gasteiger charge is -2.36. The predicted molar refractivity (Wildman–Crippen MR) is 85.7 cm³/mol. The molecule has 0 aliphatic carbocycles. The summed E-state index contributed by atoms with van der Waals surface area (Å²) in [6, 6.07) is 6.51. The maximum absolute atomic E-state index is 13.0. The highest BCUT2D eigenvalue weighted by Gasteiger charge is 2.22. The summed E-state index contributed by atoms with van der Waals surface area (Å²) >= 11 is 1.54. The lowest BCUT2D eigenvalue weighted by atomic mass is 10.2. The van der Waals surface area contributed by atoms with Gasteiger partial charge in [0.25, 0.3) is 0 Å². The van der Waals surface area contributed by atoms with Gasteiger partial charge in [0.05, 0.1) is 17.6 Å². The topological polar surface area (TPSA) is 36.4 Å². The molecule has 0 saturated carbocycles. The van der Waals surface area contributed by atoms with Gasteiger partial charge in [0, 0.05) is 36.7 Å². The fourth-order valence-electron chi connectivity index (χ4n) is 2.61. The van der Waals surface area contributed by atoms with Crippen molar-refractivity contribution in [2.75, 3.05) is 31.1 Å². The van der Waals surface area contributed by atoms with E-state index in [1.54, 1.807) is 17.6 Å². The zero-order valence-corrected chi connectivity index (χ0v) is 13.3. The Balaban J connectivity index is 1.56. The Kier molecular flexibility index (Phi) is 4.38. The SMILES string of the molecule is Cc1ncsc1CC(=O)N1CCN(c2ccc(F)cc2)CC1. The fraction of sp³-hybridized carbons (Fsp3) is 0.375. The number of aromatic nitrogens is 1. The number of thiazole rings is 1. The van der Waals surface area contributed by atoms with E-state index >= 15 is 0 Å². The van der Waals surface area contributed by atoms with Crippen LogP contribution < -0.4 is 4.90 Å². The van der Waals surface area contributed by atoms with Gasteiger partial charge in [-0.3, -0.25) is 4.79 Å². The standard InChI is InChI=1S/C16H18FN3OS/c1-12-15(22-11-18-12)10-16(21)20-8-6-19(7-9-20)14-4-2-13(17)3-5-14/h2-5,11H,6-10H2,1H3. The van der Waals surface area contributed by atoms with E-state index in [9.17, 15) is 9.18 Å². The molecule has 0 radical (unpaired) electrons. The Morgan fingerprint density at radius 1 is 1.23 bits per heavy atom. The molecular formula is C16H18FN3OS. The van der Waals surface area contributed by atoms with Gasteiger partial charge in [0.2, 0.25) is 5.91 Å². The number of benzene rings is 1. The summed E-state index contributed by atoms with van der Waals surface area (Å²) in [7, 11) is 0. The highest BCUT2D eigenvalue weighted by atomic mass is 32.1. The number of anilines is 1. The summed E-state index contributed by atoms with van der Waals surface area (Å²) in [4.78, 5) is 21.7. The second-order valence-corrected chi connectivity index (χ2v) is 6.32. The van der Waals surface area contributed by atoms with Crippen molar-refractivity contribution in [1.29, 1.82) is 0 Å². The molecule has 0 unspecified atom stereocenters. The number of amides is 1. The van der Waals surface area contributed by atoms with Crippen LogP contribution in [0.2, 0.25) is 0 Å². The number of nitrogens with zero attached hydrogens (tertiary/aromatic N) is 3. The van der Waals surface area contributed by atoms with Crippen LogP contribution in [0.5, 0.6) is 0 Å². The predicted octanol–water partition coefficient (Wildman–Crippen LogP) is 2.48. The number of carbonyl (C=O) groups excluding carboxylic acids is 1. The minimum atomic E-state index is -0.225. The van der Waals surface area contributed by atoms with Gasteiger partial charge in [-0.2, -0.15) is 0 Å². The number of aryl methyl sites for hydroxylation is 1. The third-order valence-corrected chi connectivity index (χ3v) is 4.92. The van der Waals surface area contributed by atoms with Crippen LogP contribution in [0, 0.1) is 12.7 Å². The van der Waals surface area contributed by atoms with Gasteiger partial charge >= 0.3 is 0 Å². The van der Waals surface area contributed by atoms with Gasteiger partial charge in [-0.15, -0.1) is 11.3 Å². The van der Waals surface area contributed by atoms with Crippen LogP contribution in [0.4, 0.5) is 10.1 Å². The van der Waals surface area contributed by atoms with E-state index in [4.69, 9.17) is 0 Å². The van der Waals surface area contributed by atoms with Crippen molar-refractivity contribution in [3.8, 4) is 0 Å². The maximum Gasteiger partial charge on any atom is 0.228 e. The molecule has 3 rings (SSSR count). The van der Waals surface area contributed by atoms with E-state index < -0.39 is 0 Å². The number of rotatable bonds is 3. The van der Waals surface area contributed by atoms with Crippen LogP contribution in [0.15, 0.2) is 29.8 Å². The molecule has 1 aliphatic heterocycles. The van der Waals surface area contributed by atoms with E-state index in [1.165, 1.54) is 23.5 Å². The van der Waals surface area contributed by atoms with Gasteiger partial charge in [-0.1, -0.05) is 0 Å². The van der Waals surface area contributed by atoms with Crippen molar-refractivity contribution in [3.05, 3.63) is 46.2 Å². The summed E-state index contributed by atoms with van der Waals surface area (Å²) < 4.78 is 13.0. The molecule has 2 aromatic rings. The first-order chi connectivity index (χ1) is 10.6. The Labute approximate surface area is 133 Å². The maximum atomic E-state index is 13.0. The van der Waals surface area contributed by atoms with Crippen molar-refractivity contribution in [2.45, 2.75) is 13.3 Å². The van der Waals surface area contributed by atoms with Gasteiger partial charge in [0.15, 0.2) is 0 Å². The molecule has 0 N–H and O–H groups in total. The van der Waals surface area contributed by atoms with E-state index in [0.29, 0.717) is 19.5 Å². The van der Waals surface area contributed by atoms with Gasteiger partial charge in [-0.25, -0.2) is 9.37 Å². The molecule has 1 fully saturated rings. The number of piperazine rings is 1. The Morgan fingerprint density at radius 3 is 2.50 bits per heavy atom. The van der Waals surface area contributed by atoms with Gasteiger partial charge in [0.1, 0.15) is 5.82 Å². The molecule has 2 heterocycles. The molecule has 0 bridgehead atoms. The fourth-order valence-corrected chi connectivity index (χ4v) is 3.38. The minimum Gasteiger partial charge on any atom is -0.368 e. The van der Waals surface area contributed by atoms with Gasteiger partial charge in [-0.05, 0) is 31.2 Å². The van der Waals surface area contributed by atoms with Crippen LogP contribution in [-0.4, -0.2) is 42.0 Å². The summed E-state index contributed by atoms with van der Waals surface area (Å²) in [5, 5.41) is 0. The Morgan fingerprint density at radius 2 is 1.91 bits per heavy atom. The van der Waals surface area contributed by atoms with Crippen LogP contribution in [0.25, 0.3) is 0 Å². The number of halogens is 1. The molecule has 116 valence electrons. The first-order valence-corrected chi connectivity index (χ1v) is 8.18. The molecule has 6 heteroatoms. The lowest BCUT2D eigenvalue weighted by molar-refractivity contribution is -0.130. The summed E-state index contributed by atoms with van der Waals surface area (Å²) in [5.74, 6) is -0.0661. The smallest absolute Gasteiger partial charge is 0.228 e. The van der Waals surface area contributed by atoms with Crippen molar-refractivity contribution in [3.63, 3.8) is 0 Å². The third kappa shape index (κ3) is 3.27. The first kappa shape index (κ1) is 15.0. The molecule has 0 spiro atoms. The molecule has 1 saturated heterocycles. The molecule has 1 amide bonds. The third-order valence-electron chi connectivity index (χ3n) is 3.98.